The Morgan fingerprint density at radius 3 is 2.71 bits per heavy atom. The molecule has 0 aliphatic rings. The van der Waals surface area contributed by atoms with E-state index in [2.05, 4.69) is 11.1 Å². The predicted molar refractivity (Wildman–Crippen MR) is 97.9 cm³/mol. The number of fused-ring (bicyclic) bond motifs is 1. The van der Waals surface area contributed by atoms with Crippen molar-refractivity contribution in [1.82, 2.24) is 9.55 Å². The van der Waals surface area contributed by atoms with Crippen molar-refractivity contribution in [3.05, 3.63) is 63.9 Å². The molecule has 3 aromatic rings. The average Bonchev–Trinajstić information content (AvgIpc) is 2.61. The van der Waals surface area contributed by atoms with Gasteiger partial charge in [0.15, 0.2) is 5.16 Å². The summed E-state index contributed by atoms with van der Waals surface area (Å²) in [6, 6.07) is 16.6. The zero-order valence-corrected chi connectivity index (χ0v) is 14.5. The van der Waals surface area contributed by atoms with Crippen LogP contribution in [0.1, 0.15) is 6.92 Å². The molecule has 0 aliphatic heterocycles. The summed E-state index contributed by atoms with van der Waals surface area (Å²) in [6.45, 7) is 1.84. The van der Waals surface area contributed by atoms with E-state index in [1.54, 1.807) is 18.2 Å². The lowest BCUT2D eigenvalue weighted by molar-refractivity contribution is 0.807. The van der Waals surface area contributed by atoms with E-state index >= 15 is 0 Å². The van der Waals surface area contributed by atoms with Crippen LogP contribution in [-0.2, 0) is 0 Å². The summed E-state index contributed by atoms with van der Waals surface area (Å²) >= 11 is 7.68. The lowest BCUT2D eigenvalue weighted by Crippen LogP contribution is -2.22. The second-order valence-electron chi connectivity index (χ2n) is 5.34. The maximum absolute atomic E-state index is 13.0. The molecule has 1 atom stereocenters. The van der Waals surface area contributed by atoms with E-state index in [0.29, 0.717) is 32.5 Å². The van der Waals surface area contributed by atoms with Crippen LogP contribution in [0, 0.1) is 17.2 Å². The molecule has 0 saturated carbocycles. The molecule has 120 valence electrons. The van der Waals surface area contributed by atoms with Crippen LogP contribution in [0.25, 0.3) is 16.6 Å². The zero-order valence-electron chi connectivity index (χ0n) is 12.9. The smallest absolute Gasteiger partial charge is 0.266 e. The molecule has 0 fully saturated rings. The molecule has 0 unspecified atom stereocenters. The highest BCUT2D eigenvalue weighted by Gasteiger charge is 2.16. The second kappa shape index (κ2) is 7.08. The number of halogens is 1. The van der Waals surface area contributed by atoms with Gasteiger partial charge in [-0.3, -0.25) is 9.36 Å². The van der Waals surface area contributed by atoms with Crippen molar-refractivity contribution >= 4 is 34.3 Å². The molecule has 0 aliphatic carbocycles. The van der Waals surface area contributed by atoms with Gasteiger partial charge in [0.1, 0.15) is 0 Å². The minimum atomic E-state index is -0.166. The Morgan fingerprint density at radius 1 is 1.25 bits per heavy atom. The van der Waals surface area contributed by atoms with Crippen LogP contribution < -0.4 is 5.56 Å². The van der Waals surface area contributed by atoms with E-state index in [1.165, 1.54) is 16.3 Å². The topological polar surface area (TPSA) is 58.7 Å². The van der Waals surface area contributed by atoms with Crippen LogP contribution in [0.5, 0.6) is 0 Å². The van der Waals surface area contributed by atoms with E-state index in [9.17, 15) is 4.79 Å². The van der Waals surface area contributed by atoms with Gasteiger partial charge in [0.05, 0.1) is 33.6 Å². The van der Waals surface area contributed by atoms with Gasteiger partial charge in [0.25, 0.3) is 5.56 Å². The van der Waals surface area contributed by atoms with Gasteiger partial charge in [-0.2, -0.15) is 5.26 Å². The van der Waals surface area contributed by atoms with E-state index in [0.717, 1.165) is 0 Å². The molecule has 0 saturated heterocycles. The fraction of sp³-hybridized carbons (Fsp3) is 0.167. The molecule has 3 rings (SSSR count). The summed E-state index contributed by atoms with van der Waals surface area (Å²) in [5, 5.41) is 10.5. The Kier molecular flexibility index (Phi) is 4.89. The summed E-state index contributed by atoms with van der Waals surface area (Å²) in [4.78, 5) is 17.6. The van der Waals surface area contributed by atoms with Gasteiger partial charge >= 0.3 is 0 Å². The number of nitrogens with zero attached hydrogens (tertiary/aromatic N) is 3. The minimum Gasteiger partial charge on any atom is -0.268 e. The second-order valence-corrected chi connectivity index (χ2v) is 6.74. The maximum Gasteiger partial charge on any atom is 0.266 e. The lowest BCUT2D eigenvalue weighted by atomic mass is 10.2. The average molecular weight is 356 g/mol. The highest BCUT2D eigenvalue weighted by molar-refractivity contribution is 7.99. The molecule has 24 heavy (non-hydrogen) atoms. The Morgan fingerprint density at radius 2 is 1.96 bits per heavy atom. The van der Waals surface area contributed by atoms with Crippen molar-refractivity contribution in [2.24, 2.45) is 5.92 Å². The van der Waals surface area contributed by atoms with Gasteiger partial charge in [0, 0.05) is 5.75 Å². The molecule has 6 heteroatoms. The molecular formula is C18H14ClN3OS. The molecule has 0 bridgehead atoms. The Hall–Kier alpha value is -2.29. The third-order valence-electron chi connectivity index (χ3n) is 3.52. The number of rotatable bonds is 4. The quantitative estimate of drug-likeness (QED) is 0.517. The van der Waals surface area contributed by atoms with E-state index < -0.39 is 0 Å². The zero-order chi connectivity index (χ0) is 17.1. The SMILES string of the molecule is C[C@H](C#N)CSc1nc2ccccc2c(=O)n1-c1ccccc1Cl. The van der Waals surface area contributed by atoms with Gasteiger partial charge in [-0.25, -0.2) is 4.98 Å². The fourth-order valence-corrected chi connectivity index (χ4v) is 3.46. The van der Waals surface area contributed by atoms with E-state index in [1.807, 2.05) is 37.3 Å². The number of hydrogen-bond acceptors (Lipinski definition) is 4. The first-order valence-electron chi connectivity index (χ1n) is 7.41. The van der Waals surface area contributed by atoms with Crippen LogP contribution in [-0.4, -0.2) is 15.3 Å². The molecule has 1 heterocycles. The molecular weight excluding hydrogens is 342 g/mol. The van der Waals surface area contributed by atoms with Crippen LogP contribution >= 0.6 is 23.4 Å². The number of benzene rings is 2. The number of thioether (sulfide) groups is 1. The third-order valence-corrected chi connectivity index (χ3v) is 5.04. The number of aromatic nitrogens is 2. The number of hydrogen-bond donors (Lipinski definition) is 0. The summed E-state index contributed by atoms with van der Waals surface area (Å²) in [5.41, 5.74) is 1.06. The highest BCUT2D eigenvalue weighted by atomic mass is 35.5. The van der Waals surface area contributed by atoms with Gasteiger partial charge in [-0.05, 0) is 31.2 Å². The van der Waals surface area contributed by atoms with Crippen LogP contribution in [0.4, 0.5) is 0 Å². The maximum atomic E-state index is 13.0. The van der Waals surface area contributed by atoms with Crippen molar-refractivity contribution in [2.75, 3.05) is 5.75 Å². The van der Waals surface area contributed by atoms with E-state index in [-0.39, 0.29) is 11.5 Å². The minimum absolute atomic E-state index is 0.141. The molecule has 0 radical (unpaired) electrons. The predicted octanol–water partition coefficient (Wildman–Crippen LogP) is 4.29. The lowest BCUT2D eigenvalue weighted by Gasteiger charge is -2.14. The Bertz CT molecular complexity index is 993. The first kappa shape index (κ1) is 16.6. The molecule has 0 spiro atoms. The van der Waals surface area contributed by atoms with Gasteiger partial charge < -0.3 is 0 Å². The molecule has 0 amide bonds. The standard InChI is InChI=1S/C18H14ClN3OS/c1-12(10-20)11-24-18-21-15-8-4-2-6-13(15)17(23)22(18)16-9-5-3-7-14(16)19/h2-9,12H,11H2,1H3/t12-/m1/s1. The summed E-state index contributed by atoms with van der Waals surface area (Å²) in [7, 11) is 0. The Labute approximate surface area is 148 Å². The summed E-state index contributed by atoms with van der Waals surface area (Å²) < 4.78 is 1.53. The van der Waals surface area contributed by atoms with Crippen molar-refractivity contribution in [2.45, 2.75) is 12.1 Å². The normalized spacial score (nSPS) is 12.0. The van der Waals surface area contributed by atoms with Crippen LogP contribution in [0.15, 0.2) is 58.5 Å². The Balaban J connectivity index is 2.24. The third kappa shape index (κ3) is 3.16. The largest absolute Gasteiger partial charge is 0.268 e. The number of para-hydroxylation sites is 2. The summed E-state index contributed by atoms with van der Waals surface area (Å²) in [6.07, 6.45) is 0. The first-order chi connectivity index (χ1) is 11.6. The monoisotopic (exact) mass is 355 g/mol. The fourth-order valence-electron chi connectivity index (χ4n) is 2.29. The van der Waals surface area contributed by atoms with Gasteiger partial charge in [-0.1, -0.05) is 47.6 Å². The first-order valence-corrected chi connectivity index (χ1v) is 8.77. The van der Waals surface area contributed by atoms with E-state index in [4.69, 9.17) is 16.9 Å². The van der Waals surface area contributed by atoms with Crippen LogP contribution in [0.2, 0.25) is 5.02 Å². The van der Waals surface area contributed by atoms with Crippen molar-refractivity contribution < 1.29 is 0 Å². The van der Waals surface area contributed by atoms with Crippen molar-refractivity contribution in [1.29, 1.82) is 5.26 Å². The molecule has 1 aromatic heterocycles. The van der Waals surface area contributed by atoms with Gasteiger partial charge in [-0.15, -0.1) is 0 Å². The number of nitriles is 1. The molecule has 0 N–H and O–H groups in total. The van der Waals surface area contributed by atoms with Crippen LogP contribution in [0.3, 0.4) is 0 Å². The van der Waals surface area contributed by atoms with Crippen molar-refractivity contribution in [3.8, 4) is 11.8 Å². The van der Waals surface area contributed by atoms with Gasteiger partial charge in [0.2, 0.25) is 0 Å². The van der Waals surface area contributed by atoms with Crippen molar-refractivity contribution in [3.63, 3.8) is 0 Å². The summed E-state index contributed by atoms with van der Waals surface area (Å²) in [5.74, 6) is 0.407. The highest BCUT2D eigenvalue weighted by Crippen LogP contribution is 2.26. The molecule has 4 nitrogen and oxygen atoms in total. The molecule has 2 aromatic carbocycles.